The van der Waals surface area contributed by atoms with Gasteiger partial charge in [-0.1, -0.05) is 12.1 Å². The number of nitrogens with zero attached hydrogens (tertiary/aromatic N) is 2. The molecular formula is C30H37BrN6O3S. The van der Waals surface area contributed by atoms with Gasteiger partial charge in [0.15, 0.2) is 9.84 Å². The molecule has 1 aliphatic rings. The van der Waals surface area contributed by atoms with E-state index < -0.39 is 15.1 Å². The summed E-state index contributed by atoms with van der Waals surface area (Å²) in [7, 11) is -3.53. The largest absolute Gasteiger partial charge is 0.489 e. The third-order valence-electron chi connectivity index (χ3n) is 7.31. The van der Waals surface area contributed by atoms with E-state index in [1.54, 1.807) is 44.3 Å². The molecule has 5 rings (SSSR count). The normalized spacial score (nSPS) is 14.6. The zero-order valence-corrected chi connectivity index (χ0v) is 26.4. The molecule has 11 heteroatoms. The van der Waals surface area contributed by atoms with Crippen molar-refractivity contribution in [3.8, 4) is 5.75 Å². The Kier molecular flexibility index (Phi) is 8.58. The Balaban J connectivity index is 1.56. The van der Waals surface area contributed by atoms with Crippen molar-refractivity contribution in [2.24, 2.45) is 0 Å². The van der Waals surface area contributed by atoms with Crippen molar-refractivity contribution in [1.29, 1.82) is 0 Å². The number of H-pyrrole nitrogens is 1. The second-order valence-corrected chi connectivity index (χ2v) is 14.3. The minimum absolute atomic E-state index is 0.0153. The summed E-state index contributed by atoms with van der Waals surface area (Å²) in [6.07, 6.45) is 3.97. The molecule has 1 saturated heterocycles. The van der Waals surface area contributed by atoms with Gasteiger partial charge in [-0.25, -0.2) is 8.42 Å². The lowest BCUT2D eigenvalue weighted by atomic mass is 9.87. The van der Waals surface area contributed by atoms with E-state index in [4.69, 9.17) is 14.7 Å². The summed E-state index contributed by atoms with van der Waals surface area (Å²) in [6.45, 7) is 11.5. The van der Waals surface area contributed by atoms with Gasteiger partial charge in [-0.15, -0.1) is 0 Å². The minimum atomic E-state index is -3.53. The van der Waals surface area contributed by atoms with E-state index in [0.29, 0.717) is 34.4 Å². The van der Waals surface area contributed by atoms with Crippen LogP contribution in [0.15, 0.2) is 52.0 Å². The molecule has 2 aromatic carbocycles. The van der Waals surface area contributed by atoms with Crippen molar-refractivity contribution in [2.75, 3.05) is 23.7 Å². The average molecular weight is 642 g/mol. The third kappa shape index (κ3) is 6.22. The lowest BCUT2D eigenvalue weighted by molar-refractivity contribution is 0.243. The zero-order chi connectivity index (χ0) is 29.3. The molecule has 0 amide bonds. The number of rotatable bonds is 9. The Labute approximate surface area is 250 Å². The molecule has 0 atom stereocenters. The van der Waals surface area contributed by atoms with Crippen molar-refractivity contribution in [3.05, 3.63) is 58.2 Å². The predicted octanol–water partition coefficient (Wildman–Crippen LogP) is 6.95. The van der Waals surface area contributed by atoms with Crippen molar-refractivity contribution in [1.82, 2.24) is 20.3 Å². The van der Waals surface area contributed by atoms with Gasteiger partial charge in [-0.3, -0.25) is 0 Å². The quantitative estimate of drug-likeness (QED) is 0.155. The number of anilines is 4. The fourth-order valence-electron chi connectivity index (χ4n) is 5.19. The van der Waals surface area contributed by atoms with Gasteiger partial charge in [0.2, 0.25) is 5.95 Å². The van der Waals surface area contributed by atoms with Crippen molar-refractivity contribution >= 4 is 59.9 Å². The van der Waals surface area contributed by atoms with Crippen LogP contribution in [-0.4, -0.2) is 47.8 Å². The predicted molar refractivity (Wildman–Crippen MR) is 169 cm³/mol. The molecule has 0 spiro atoms. The smallest absolute Gasteiger partial charge is 0.231 e. The Morgan fingerprint density at radius 2 is 1.76 bits per heavy atom. The Bertz CT molecular complexity index is 1660. The standard InChI is InChI=1S/C30H37BrN6O3S/c1-17(2)40-25-15-21(20-10-12-32-13-11-20)19(5)14-24(25)35-30-36-28-27(22(31)16-33-28)29(37-30)34-23-8-6-7-9-26(23)41(38,39)18(3)4/h6-9,14-18,20,32H,10-13H2,1-5H3,(H3,33,34,35,36,37). The molecule has 0 unspecified atom stereocenters. The maximum Gasteiger partial charge on any atom is 0.231 e. The molecule has 41 heavy (non-hydrogen) atoms. The number of piperidine rings is 1. The summed E-state index contributed by atoms with van der Waals surface area (Å²) in [4.78, 5) is 12.9. The second-order valence-electron chi connectivity index (χ2n) is 11.0. The van der Waals surface area contributed by atoms with Gasteiger partial charge in [-0.2, -0.15) is 9.97 Å². The molecule has 1 fully saturated rings. The van der Waals surface area contributed by atoms with Gasteiger partial charge in [0.1, 0.15) is 17.2 Å². The van der Waals surface area contributed by atoms with Crippen LogP contribution in [0.5, 0.6) is 5.75 Å². The minimum Gasteiger partial charge on any atom is -0.489 e. The van der Waals surface area contributed by atoms with E-state index in [-0.39, 0.29) is 11.0 Å². The maximum absolute atomic E-state index is 13.1. The molecule has 1 aliphatic heterocycles. The number of aromatic amines is 1. The summed E-state index contributed by atoms with van der Waals surface area (Å²) in [5, 5.41) is 10.3. The average Bonchev–Trinajstić information content (AvgIpc) is 3.31. The van der Waals surface area contributed by atoms with Crippen LogP contribution in [-0.2, 0) is 9.84 Å². The van der Waals surface area contributed by atoms with Gasteiger partial charge in [-0.05, 0) is 118 Å². The number of aryl methyl sites for hydroxylation is 1. The molecule has 218 valence electrons. The molecule has 0 saturated carbocycles. The summed E-state index contributed by atoms with van der Waals surface area (Å²) < 4.78 is 33.3. The fraction of sp³-hybridized carbons (Fsp3) is 0.400. The second kappa shape index (κ2) is 12.0. The van der Waals surface area contributed by atoms with E-state index in [1.165, 1.54) is 11.1 Å². The molecule has 0 bridgehead atoms. The number of halogens is 1. The lowest BCUT2D eigenvalue weighted by Crippen LogP contribution is -2.27. The number of sulfone groups is 1. The molecular weight excluding hydrogens is 604 g/mol. The maximum atomic E-state index is 13.1. The van der Waals surface area contributed by atoms with E-state index >= 15 is 0 Å². The SMILES string of the molecule is Cc1cc(Nc2nc(Nc3ccccc3S(=O)(=O)C(C)C)c3c(Br)c[nH]c3n2)c(OC(C)C)cc1C1CCNCC1. The van der Waals surface area contributed by atoms with Crippen LogP contribution in [0.2, 0.25) is 0 Å². The van der Waals surface area contributed by atoms with Crippen LogP contribution in [0, 0.1) is 6.92 Å². The summed E-state index contributed by atoms with van der Waals surface area (Å²) in [6, 6.07) is 11.1. The summed E-state index contributed by atoms with van der Waals surface area (Å²) in [5.74, 6) is 2.05. The van der Waals surface area contributed by atoms with Crippen molar-refractivity contribution in [2.45, 2.75) is 69.6 Å². The summed E-state index contributed by atoms with van der Waals surface area (Å²) >= 11 is 3.58. The topological polar surface area (TPSA) is 121 Å². The number of para-hydroxylation sites is 1. The van der Waals surface area contributed by atoms with Gasteiger partial charge in [0.05, 0.1) is 33.0 Å². The number of aromatic nitrogens is 3. The first-order valence-electron chi connectivity index (χ1n) is 14.0. The first-order chi connectivity index (χ1) is 19.5. The molecule has 3 heterocycles. The third-order valence-corrected chi connectivity index (χ3v) is 10.1. The van der Waals surface area contributed by atoms with E-state index in [0.717, 1.165) is 41.8 Å². The Morgan fingerprint density at radius 1 is 1.02 bits per heavy atom. The van der Waals surface area contributed by atoms with Crippen LogP contribution in [0.1, 0.15) is 57.6 Å². The Morgan fingerprint density at radius 3 is 2.46 bits per heavy atom. The van der Waals surface area contributed by atoms with Crippen molar-refractivity contribution < 1.29 is 13.2 Å². The van der Waals surface area contributed by atoms with Crippen LogP contribution < -0.4 is 20.7 Å². The number of hydrogen-bond donors (Lipinski definition) is 4. The zero-order valence-electron chi connectivity index (χ0n) is 24.0. The molecule has 2 aromatic heterocycles. The number of ether oxygens (including phenoxy) is 1. The molecule has 4 N–H and O–H groups in total. The van der Waals surface area contributed by atoms with Gasteiger partial charge in [0.25, 0.3) is 0 Å². The molecule has 0 radical (unpaired) electrons. The van der Waals surface area contributed by atoms with Crippen LogP contribution >= 0.6 is 15.9 Å². The van der Waals surface area contributed by atoms with Gasteiger partial charge in [0, 0.05) is 10.7 Å². The number of hydrogen-bond acceptors (Lipinski definition) is 8. The number of fused-ring (bicyclic) bond motifs is 1. The molecule has 0 aliphatic carbocycles. The lowest BCUT2D eigenvalue weighted by Gasteiger charge is -2.26. The van der Waals surface area contributed by atoms with Crippen LogP contribution in [0.25, 0.3) is 11.0 Å². The molecule has 4 aromatic rings. The monoisotopic (exact) mass is 640 g/mol. The highest BCUT2D eigenvalue weighted by Crippen LogP contribution is 2.39. The highest BCUT2D eigenvalue weighted by molar-refractivity contribution is 9.10. The first kappa shape index (κ1) is 29.3. The molecule has 9 nitrogen and oxygen atoms in total. The van der Waals surface area contributed by atoms with Crippen LogP contribution in [0.3, 0.4) is 0 Å². The van der Waals surface area contributed by atoms with Crippen LogP contribution in [0.4, 0.5) is 23.1 Å². The number of nitrogens with one attached hydrogen (secondary N) is 4. The van der Waals surface area contributed by atoms with Gasteiger partial charge >= 0.3 is 0 Å². The Hall–Kier alpha value is -3.15. The number of benzene rings is 2. The van der Waals surface area contributed by atoms with E-state index in [1.807, 2.05) is 13.8 Å². The van der Waals surface area contributed by atoms with E-state index in [9.17, 15) is 8.42 Å². The highest BCUT2D eigenvalue weighted by atomic mass is 79.9. The van der Waals surface area contributed by atoms with Crippen molar-refractivity contribution in [3.63, 3.8) is 0 Å². The van der Waals surface area contributed by atoms with E-state index in [2.05, 4.69) is 55.9 Å². The summed E-state index contributed by atoms with van der Waals surface area (Å²) in [5.41, 5.74) is 4.31. The fourth-order valence-corrected chi connectivity index (χ4v) is 6.88. The highest BCUT2D eigenvalue weighted by Gasteiger charge is 2.24. The first-order valence-corrected chi connectivity index (χ1v) is 16.3. The van der Waals surface area contributed by atoms with Gasteiger partial charge < -0.3 is 25.7 Å².